The maximum Gasteiger partial charge on any atom is 0.281 e. The van der Waals surface area contributed by atoms with Gasteiger partial charge >= 0.3 is 0 Å². The van der Waals surface area contributed by atoms with E-state index < -0.39 is 0 Å². The summed E-state index contributed by atoms with van der Waals surface area (Å²) in [5.74, 6) is -1.07. The third kappa shape index (κ3) is 5.05. The zero-order valence-electron chi connectivity index (χ0n) is 17.3. The van der Waals surface area contributed by atoms with Crippen LogP contribution in [0.2, 0.25) is 0 Å². The van der Waals surface area contributed by atoms with Gasteiger partial charge < -0.3 is 14.5 Å². The van der Waals surface area contributed by atoms with Crippen molar-refractivity contribution in [3.8, 4) is 0 Å². The van der Waals surface area contributed by atoms with Gasteiger partial charge in [-0.1, -0.05) is 17.4 Å². The molecule has 0 aromatic carbocycles. The summed E-state index contributed by atoms with van der Waals surface area (Å²) in [6.45, 7) is 5.54. The average Bonchev–Trinajstić information content (AvgIpc) is 3.47. The Hall–Kier alpha value is -2.50. The number of thiazole rings is 1. The second-order valence-electron chi connectivity index (χ2n) is 7.52. The highest BCUT2D eigenvalue weighted by atomic mass is 32.1. The van der Waals surface area contributed by atoms with Crippen LogP contribution in [0.3, 0.4) is 0 Å². The van der Waals surface area contributed by atoms with Crippen LogP contribution >= 0.6 is 22.7 Å². The van der Waals surface area contributed by atoms with Crippen LogP contribution in [0.4, 0.5) is 5.13 Å². The third-order valence-electron chi connectivity index (χ3n) is 5.38. The lowest BCUT2D eigenvalue weighted by atomic mass is 9.97. The summed E-state index contributed by atoms with van der Waals surface area (Å²) >= 11 is 2.70. The number of rotatable bonds is 4. The first-order valence-corrected chi connectivity index (χ1v) is 12.0. The minimum atomic E-state index is -0.384. The van der Waals surface area contributed by atoms with E-state index >= 15 is 0 Å². The second-order valence-corrected chi connectivity index (χ2v) is 9.45. The Kier molecular flexibility index (Phi) is 6.83. The number of hydrazine groups is 1. The summed E-state index contributed by atoms with van der Waals surface area (Å²) in [6.07, 6.45) is 1.43. The van der Waals surface area contributed by atoms with E-state index in [1.165, 1.54) is 22.7 Å². The monoisotopic (exact) mass is 463 g/mol. The number of thiophene rings is 1. The van der Waals surface area contributed by atoms with Gasteiger partial charge in [0.2, 0.25) is 5.91 Å². The highest BCUT2D eigenvalue weighted by Gasteiger charge is 2.30. The topological polar surface area (TPSA) is 104 Å². The molecule has 2 fully saturated rings. The summed E-state index contributed by atoms with van der Waals surface area (Å²) in [5, 5.41) is 2.65. The molecule has 166 valence electrons. The molecule has 1 atom stereocenters. The molecule has 2 aromatic rings. The summed E-state index contributed by atoms with van der Waals surface area (Å²) in [4.78, 5) is 47.3. The average molecular weight is 464 g/mol. The Labute approximate surface area is 188 Å². The zero-order chi connectivity index (χ0) is 21.8. The van der Waals surface area contributed by atoms with E-state index in [-0.39, 0.29) is 23.6 Å². The Bertz CT molecular complexity index is 940. The van der Waals surface area contributed by atoms with Crippen molar-refractivity contribution in [2.45, 2.75) is 19.8 Å². The summed E-state index contributed by atoms with van der Waals surface area (Å²) in [7, 11) is 0. The summed E-state index contributed by atoms with van der Waals surface area (Å²) in [5.41, 5.74) is 5.67. The van der Waals surface area contributed by atoms with Crippen molar-refractivity contribution in [1.82, 2.24) is 20.7 Å². The molecule has 0 spiro atoms. The van der Waals surface area contributed by atoms with E-state index in [1.807, 2.05) is 11.4 Å². The van der Waals surface area contributed by atoms with Crippen molar-refractivity contribution in [3.63, 3.8) is 0 Å². The predicted octanol–water partition coefficient (Wildman–Crippen LogP) is 1.66. The van der Waals surface area contributed by atoms with E-state index in [4.69, 9.17) is 4.74 Å². The molecule has 0 unspecified atom stereocenters. The van der Waals surface area contributed by atoms with Gasteiger partial charge in [-0.3, -0.25) is 25.2 Å². The minimum Gasteiger partial charge on any atom is -0.378 e. The number of aromatic nitrogens is 1. The van der Waals surface area contributed by atoms with Gasteiger partial charge in [0, 0.05) is 26.2 Å². The highest BCUT2D eigenvalue weighted by Crippen LogP contribution is 2.26. The SMILES string of the molecule is Cc1nc(N2CCOCC2)sc1C(=O)NNC(=O)[C@H]1CCCN(C(=O)c2cccs2)C1. The lowest BCUT2D eigenvalue weighted by Gasteiger charge is -2.31. The second kappa shape index (κ2) is 9.75. The van der Waals surface area contributed by atoms with Crippen molar-refractivity contribution >= 4 is 45.5 Å². The van der Waals surface area contributed by atoms with Crippen molar-refractivity contribution in [1.29, 1.82) is 0 Å². The Balaban J connectivity index is 1.31. The number of aryl methyl sites for hydroxylation is 1. The van der Waals surface area contributed by atoms with Gasteiger partial charge in [-0.15, -0.1) is 11.3 Å². The molecule has 11 heteroatoms. The van der Waals surface area contributed by atoms with Gasteiger partial charge in [-0.25, -0.2) is 4.98 Å². The van der Waals surface area contributed by atoms with Crippen LogP contribution in [0.5, 0.6) is 0 Å². The molecule has 0 radical (unpaired) electrons. The molecule has 31 heavy (non-hydrogen) atoms. The van der Waals surface area contributed by atoms with E-state index in [2.05, 4.69) is 20.7 Å². The van der Waals surface area contributed by atoms with E-state index in [0.717, 1.165) is 24.6 Å². The first kappa shape index (κ1) is 21.7. The van der Waals surface area contributed by atoms with Crippen LogP contribution in [-0.4, -0.2) is 67.0 Å². The van der Waals surface area contributed by atoms with Gasteiger partial charge in [0.05, 0.1) is 29.7 Å². The summed E-state index contributed by atoms with van der Waals surface area (Å²) in [6, 6.07) is 3.63. The Morgan fingerprint density at radius 2 is 2.00 bits per heavy atom. The van der Waals surface area contributed by atoms with Crippen LogP contribution < -0.4 is 15.8 Å². The predicted molar refractivity (Wildman–Crippen MR) is 118 cm³/mol. The fourth-order valence-electron chi connectivity index (χ4n) is 3.69. The first-order chi connectivity index (χ1) is 15.0. The molecule has 2 aromatic heterocycles. The number of hydrogen-bond acceptors (Lipinski definition) is 8. The molecule has 2 aliphatic heterocycles. The normalized spacial score (nSPS) is 19.2. The number of piperidine rings is 1. The molecule has 4 heterocycles. The van der Waals surface area contributed by atoms with E-state index in [0.29, 0.717) is 48.2 Å². The quantitative estimate of drug-likeness (QED) is 0.669. The number of nitrogens with one attached hydrogen (secondary N) is 2. The van der Waals surface area contributed by atoms with Crippen LogP contribution in [-0.2, 0) is 9.53 Å². The van der Waals surface area contributed by atoms with Gasteiger partial charge in [-0.2, -0.15) is 0 Å². The number of hydrogen-bond donors (Lipinski definition) is 2. The molecule has 2 aliphatic rings. The largest absolute Gasteiger partial charge is 0.378 e. The number of nitrogens with zero attached hydrogens (tertiary/aromatic N) is 3. The van der Waals surface area contributed by atoms with Gasteiger partial charge in [0.1, 0.15) is 4.88 Å². The van der Waals surface area contributed by atoms with Crippen molar-refractivity contribution < 1.29 is 19.1 Å². The van der Waals surface area contributed by atoms with Gasteiger partial charge in [0.15, 0.2) is 5.13 Å². The lowest BCUT2D eigenvalue weighted by Crippen LogP contribution is -2.50. The highest BCUT2D eigenvalue weighted by molar-refractivity contribution is 7.17. The van der Waals surface area contributed by atoms with E-state index in [9.17, 15) is 14.4 Å². The van der Waals surface area contributed by atoms with Crippen LogP contribution in [0.1, 0.15) is 37.9 Å². The number of likely N-dealkylation sites (tertiary alicyclic amines) is 1. The Morgan fingerprint density at radius 1 is 1.19 bits per heavy atom. The maximum atomic E-state index is 12.6. The summed E-state index contributed by atoms with van der Waals surface area (Å²) < 4.78 is 5.36. The number of carbonyl (C=O) groups excluding carboxylic acids is 3. The smallest absolute Gasteiger partial charge is 0.281 e. The molecule has 2 N–H and O–H groups in total. The molecular weight excluding hydrogens is 438 g/mol. The van der Waals surface area contributed by atoms with Crippen molar-refractivity contribution in [2.24, 2.45) is 5.92 Å². The standard InChI is InChI=1S/C20H25N5O4S2/c1-13-16(31-20(21-13)24-7-9-29-10-8-24)18(27)23-22-17(26)14-4-2-6-25(12-14)19(28)15-5-3-11-30-15/h3,5,11,14H,2,4,6-10,12H2,1H3,(H,22,26)(H,23,27)/t14-/m0/s1. The number of amides is 3. The fourth-order valence-corrected chi connectivity index (χ4v) is 5.40. The lowest BCUT2D eigenvalue weighted by molar-refractivity contribution is -0.127. The fraction of sp³-hybridized carbons (Fsp3) is 0.500. The van der Waals surface area contributed by atoms with Crippen LogP contribution in [0, 0.1) is 12.8 Å². The molecule has 3 amide bonds. The van der Waals surface area contributed by atoms with Gasteiger partial charge in [0.25, 0.3) is 11.8 Å². The third-order valence-corrected chi connectivity index (χ3v) is 7.46. The van der Waals surface area contributed by atoms with Crippen molar-refractivity contribution in [3.05, 3.63) is 33.0 Å². The number of carbonyl (C=O) groups is 3. The molecule has 0 saturated carbocycles. The molecule has 0 aliphatic carbocycles. The zero-order valence-corrected chi connectivity index (χ0v) is 18.9. The minimum absolute atomic E-state index is 0.0486. The van der Waals surface area contributed by atoms with Crippen LogP contribution in [0.15, 0.2) is 17.5 Å². The van der Waals surface area contributed by atoms with Gasteiger partial charge in [-0.05, 0) is 31.2 Å². The Morgan fingerprint density at radius 3 is 2.74 bits per heavy atom. The molecular formula is C20H25N5O4S2. The first-order valence-electron chi connectivity index (χ1n) is 10.3. The van der Waals surface area contributed by atoms with Crippen molar-refractivity contribution in [2.75, 3.05) is 44.3 Å². The molecule has 2 saturated heterocycles. The maximum absolute atomic E-state index is 12.6. The molecule has 4 rings (SSSR count). The van der Waals surface area contributed by atoms with Crippen LogP contribution in [0.25, 0.3) is 0 Å². The molecule has 0 bridgehead atoms. The number of ether oxygens (including phenoxy) is 1. The van der Waals surface area contributed by atoms with E-state index in [1.54, 1.807) is 17.9 Å². The molecule has 9 nitrogen and oxygen atoms in total. The number of morpholine rings is 1. The number of anilines is 1.